The third-order valence-electron chi connectivity index (χ3n) is 4.07. The van der Waals surface area contributed by atoms with Crippen molar-refractivity contribution >= 4 is 10.9 Å². The summed E-state index contributed by atoms with van der Waals surface area (Å²) < 4.78 is 0. The van der Waals surface area contributed by atoms with Crippen LogP contribution < -0.4 is 0 Å². The fraction of sp³-hybridized carbons (Fsp3) is 0.526. The molecule has 0 fully saturated rings. The molecule has 0 aliphatic heterocycles. The Bertz CT molecular complexity index is 550. The van der Waals surface area contributed by atoms with Crippen LogP contribution >= 0.6 is 0 Å². The number of aryl methyl sites for hydroxylation is 1. The van der Waals surface area contributed by atoms with Gasteiger partial charge in [-0.25, -0.2) is 0 Å². The molecule has 1 heterocycles. The zero-order valence-electron chi connectivity index (χ0n) is 13.1. The van der Waals surface area contributed by atoms with Gasteiger partial charge in [-0.1, -0.05) is 64.0 Å². The molecule has 0 radical (unpaired) electrons. The molecule has 0 unspecified atom stereocenters. The van der Waals surface area contributed by atoms with Crippen molar-refractivity contribution in [2.75, 3.05) is 0 Å². The maximum Gasteiger partial charge on any atom is 0.141 e. The van der Waals surface area contributed by atoms with Crippen LogP contribution in [0.15, 0.2) is 30.5 Å². The molecule has 1 aromatic carbocycles. The Hall–Kier alpha value is -1.57. The van der Waals surface area contributed by atoms with Gasteiger partial charge in [-0.2, -0.15) is 0 Å². The summed E-state index contributed by atoms with van der Waals surface area (Å²) in [6.07, 6.45) is 13.8. The summed E-state index contributed by atoms with van der Waals surface area (Å²) in [4.78, 5) is 4.38. The van der Waals surface area contributed by atoms with Crippen molar-refractivity contribution in [2.24, 2.45) is 0 Å². The lowest BCUT2D eigenvalue weighted by Crippen LogP contribution is -1.89. The third-order valence-corrected chi connectivity index (χ3v) is 4.07. The quantitative estimate of drug-likeness (QED) is 0.606. The summed E-state index contributed by atoms with van der Waals surface area (Å²) in [6, 6.07) is 7.73. The van der Waals surface area contributed by atoms with Gasteiger partial charge in [0.2, 0.25) is 0 Å². The van der Waals surface area contributed by atoms with Crippen molar-refractivity contribution in [2.45, 2.75) is 64.7 Å². The van der Waals surface area contributed by atoms with E-state index in [2.05, 4.69) is 18.0 Å². The van der Waals surface area contributed by atoms with Crippen LogP contribution in [0, 0.1) is 0 Å². The van der Waals surface area contributed by atoms with Gasteiger partial charge in [0.05, 0.1) is 0 Å². The molecule has 114 valence electrons. The Morgan fingerprint density at radius 3 is 2.43 bits per heavy atom. The minimum Gasteiger partial charge on any atom is -0.506 e. The Morgan fingerprint density at radius 1 is 0.952 bits per heavy atom. The van der Waals surface area contributed by atoms with E-state index in [-0.39, 0.29) is 5.75 Å². The van der Waals surface area contributed by atoms with E-state index in [1.807, 2.05) is 18.3 Å². The molecule has 1 N–H and O–H groups in total. The van der Waals surface area contributed by atoms with E-state index in [4.69, 9.17) is 0 Å². The van der Waals surface area contributed by atoms with Crippen molar-refractivity contribution in [1.82, 2.24) is 4.98 Å². The van der Waals surface area contributed by atoms with Crippen LogP contribution in [-0.4, -0.2) is 10.1 Å². The highest BCUT2D eigenvalue weighted by Crippen LogP contribution is 2.23. The summed E-state index contributed by atoms with van der Waals surface area (Å²) in [7, 11) is 0. The molecular weight excluding hydrogens is 258 g/mol. The van der Waals surface area contributed by atoms with E-state index in [1.165, 1.54) is 56.9 Å². The lowest BCUT2D eigenvalue weighted by atomic mass is 10.0. The SMILES string of the molecule is CCCCCCCCCCc1cnc2c(O)cccc2c1. The number of phenolic OH excluding ortho intramolecular Hbond substituents is 1. The molecule has 0 saturated carbocycles. The molecule has 0 aliphatic carbocycles. The molecule has 0 amide bonds. The monoisotopic (exact) mass is 285 g/mol. The van der Waals surface area contributed by atoms with Crippen molar-refractivity contribution in [3.63, 3.8) is 0 Å². The predicted molar refractivity (Wildman–Crippen MR) is 89.7 cm³/mol. The zero-order valence-corrected chi connectivity index (χ0v) is 13.1. The van der Waals surface area contributed by atoms with E-state index < -0.39 is 0 Å². The summed E-state index contributed by atoms with van der Waals surface area (Å²) in [6.45, 7) is 2.26. The van der Waals surface area contributed by atoms with Crippen LogP contribution in [0.1, 0.15) is 63.9 Å². The first kappa shape index (κ1) is 15.8. The molecular formula is C19H27NO. The molecule has 2 aromatic rings. The number of phenols is 1. The summed E-state index contributed by atoms with van der Waals surface area (Å²) >= 11 is 0. The average molecular weight is 285 g/mol. The van der Waals surface area contributed by atoms with Crippen molar-refractivity contribution < 1.29 is 5.11 Å². The maximum absolute atomic E-state index is 9.73. The Kier molecular flexibility index (Phi) is 6.52. The van der Waals surface area contributed by atoms with Gasteiger partial charge in [0.1, 0.15) is 11.3 Å². The summed E-state index contributed by atoms with van der Waals surface area (Å²) in [5.74, 6) is 0.270. The number of pyridine rings is 1. The smallest absolute Gasteiger partial charge is 0.141 e. The minimum atomic E-state index is 0.270. The Morgan fingerprint density at radius 2 is 1.67 bits per heavy atom. The van der Waals surface area contributed by atoms with E-state index in [0.29, 0.717) is 5.52 Å². The first-order valence-electron chi connectivity index (χ1n) is 8.38. The number of aromatic nitrogens is 1. The number of unbranched alkanes of at least 4 members (excludes halogenated alkanes) is 7. The fourth-order valence-corrected chi connectivity index (χ4v) is 2.79. The van der Waals surface area contributed by atoms with E-state index >= 15 is 0 Å². The molecule has 2 nitrogen and oxygen atoms in total. The molecule has 0 saturated heterocycles. The fourth-order valence-electron chi connectivity index (χ4n) is 2.79. The number of aromatic hydroxyl groups is 1. The Labute approximate surface area is 128 Å². The Balaban J connectivity index is 1.71. The van der Waals surface area contributed by atoms with Gasteiger partial charge >= 0.3 is 0 Å². The van der Waals surface area contributed by atoms with Gasteiger partial charge in [-0.3, -0.25) is 4.98 Å². The lowest BCUT2D eigenvalue weighted by Gasteiger charge is -2.05. The average Bonchev–Trinajstić information content (AvgIpc) is 2.50. The van der Waals surface area contributed by atoms with Crippen LogP contribution in [0.25, 0.3) is 10.9 Å². The van der Waals surface area contributed by atoms with Gasteiger partial charge < -0.3 is 5.11 Å². The maximum atomic E-state index is 9.73. The van der Waals surface area contributed by atoms with Gasteiger partial charge in [0.25, 0.3) is 0 Å². The van der Waals surface area contributed by atoms with Gasteiger partial charge in [-0.05, 0) is 30.5 Å². The normalized spacial score (nSPS) is 11.1. The van der Waals surface area contributed by atoms with Gasteiger partial charge in [-0.15, -0.1) is 0 Å². The number of fused-ring (bicyclic) bond motifs is 1. The number of para-hydroxylation sites is 1. The highest BCUT2D eigenvalue weighted by atomic mass is 16.3. The molecule has 2 heteroatoms. The molecule has 2 rings (SSSR count). The molecule has 0 aliphatic rings. The van der Waals surface area contributed by atoms with Crippen LogP contribution in [-0.2, 0) is 6.42 Å². The second-order valence-electron chi connectivity index (χ2n) is 5.92. The molecule has 0 spiro atoms. The highest BCUT2D eigenvalue weighted by Gasteiger charge is 2.02. The summed E-state index contributed by atoms with van der Waals surface area (Å²) in [5, 5.41) is 10.8. The number of hydrogen-bond acceptors (Lipinski definition) is 2. The molecule has 0 atom stereocenters. The third kappa shape index (κ3) is 5.04. The number of benzene rings is 1. The largest absolute Gasteiger partial charge is 0.506 e. The second-order valence-corrected chi connectivity index (χ2v) is 5.92. The standard InChI is InChI=1S/C19H27NO/c1-2-3-4-5-6-7-8-9-11-16-14-17-12-10-13-18(21)19(17)20-15-16/h10,12-15,21H,2-9,11H2,1H3. The summed E-state index contributed by atoms with van der Waals surface area (Å²) in [5.41, 5.74) is 1.98. The molecule has 1 aromatic heterocycles. The lowest BCUT2D eigenvalue weighted by molar-refractivity contribution is 0.480. The topological polar surface area (TPSA) is 33.1 Å². The molecule has 21 heavy (non-hydrogen) atoms. The zero-order chi connectivity index (χ0) is 14.9. The minimum absolute atomic E-state index is 0.270. The van der Waals surface area contributed by atoms with Gasteiger partial charge in [0.15, 0.2) is 0 Å². The van der Waals surface area contributed by atoms with Crippen molar-refractivity contribution in [3.05, 3.63) is 36.0 Å². The highest BCUT2D eigenvalue weighted by molar-refractivity contribution is 5.84. The van der Waals surface area contributed by atoms with E-state index in [9.17, 15) is 5.11 Å². The van der Waals surface area contributed by atoms with E-state index in [1.54, 1.807) is 6.07 Å². The number of nitrogens with zero attached hydrogens (tertiary/aromatic N) is 1. The van der Waals surface area contributed by atoms with Crippen LogP contribution in [0.5, 0.6) is 5.75 Å². The van der Waals surface area contributed by atoms with Crippen LogP contribution in [0.3, 0.4) is 0 Å². The van der Waals surface area contributed by atoms with Crippen LogP contribution in [0.4, 0.5) is 0 Å². The van der Waals surface area contributed by atoms with Crippen LogP contribution in [0.2, 0.25) is 0 Å². The van der Waals surface area contributed by atoms with E-state index in [0.717, 1.165) is 11.8 Å². The number of rotatable bonds is 9. The molecule has 0 bridgehead atoms. The van der Waals surface area contributed by atoms with Gasteiger partial charge in [0, 0.05) is 11.6 Å². The first-order valence-corrected chi connectivity index (χ1v) is 8.38. The van der Waals surface area contributed by atoms with Crippen molar-refractivity contribution in [1.29, 1.82) is 0 Å². The second kappa shape index (κ2) is 8.66. The predicted octanol–water partition coefficient (Wildman–Crippen LogP) is 5.62. The number of hydrogen-bond donors (Lipinski definition) is 1. The van der Waals surface area contributed by atoms with Crippen molar-refractivity contribution in [3.8, 4) is 5.75 Å². The first-order chi connectivity index (χ1) is 10.3.